The fourth-order valence-electron chi connectivity index (χ4n) is 3.38. The maximum atomic E-state index is 12.2. The molecule has 4 nitrogen and oxygen atoms in total. The summed E-state index contributed by atoms with van der Waals surface area (Å²) in [6.07, 6.45) is 4.65. The molecule has 0 spiro atoms. The van der Waals surface area contributed by atoms with Gasteiger partial charge in [0.05, 0.1) is 6.04 Å². The van der Waals surface area contributed by atoms with Gasteiger partial charge in [0.1, 0.15) is 17.5 Å². The van der Waals surface area contributed by atoms with Crippen LogP contribution in [0.4, 0.5) is 0 Å². The lowest BCUT2D eigenvalue weighted by molar-refractivity contribution is -0.139. The van der Waals surface area contributed by atoms with Crippen LogP contribution >= 0.6 is 0 Å². The fraction of sp³-hybridized carbons (Fsp3) is 0.500. The zero-order valence-corrected chi connectivity index (χ0v) is 13.4. The van der Waals surface area contributed by atoms with Crippen molar-refractivity contribution in [3.8, 4) is 5.75 Å². The Morgan fingerprint density at radius 1 is 1.41 bits per heavy atom. The zero-order chi connectivity index (χ0) is 15.9. The Kier molecular flexibility index (Phi) is 3.73. The molecule has 3 rings (SSSR count). The standard InChI is InChI=1S/C18H23NO3/c1-4-6-12-8-9-14-13(11-12)16(17(21)18(2,3)22-14)19-10-5-7-15(19)20/h4,6,8-9,11,16-17,21H,5,7,10H2,1-3H3/t16-,17+/m0/s1. The zero-order valence-electron chi connectivity index (χ0n) is 13.4. The average molecular weight is 301 g/mol. The average Bonchev–Trinajstić information content (AvgIpc) is 2.87. The number of hydrogen-bond donors (Lipinski definition) is 1. The normalized spacial score (nSPS) is 27.1. The van der Waals surface area contributed by atoms with Crippen LogP contribution in [0.1, 0.15) is 50.8 Å². The number of benzene rings is 1. The van der Waals surface area contributed by atoms with Gasteiger partial charge >= 0.3 is 0 Å². The maximum Gasteiger partial charge on any atom is 0.223 e. The second kappa shape index (κ2) is 5.43. The maximum absolute atomic E-state index is 12.2. The van der Waals surface area contributed by atoms with Gasteiger partial charge in [-0.25, -0.2) is 0 Å². The van der Waals surface area contributed by atoms with E-state index in [9.17, 15) is 9.90 Å². The molecule has 118 valence electrons. The number of aliphatic hydroxyl groups is 1. The van der Waals surface area contributed by atoms with Crippen LogP contribution in [0.5, 0.6) is 5.75 Å². The Balaban J connectivity index is 2.10. The fourth-order valence-corrected chi connectivity index (χ4v) is 3.38. The van der Waals surface area contributed by atoms with Crippen molar-refractivity contribution in [2.45, 2.75) is 51.4 Å². The van der Waals surface area contributed by atoms with Crippen LogP contribution in [0.3, 0.4) is 0 Å². The van der Waals surface area contributed by atoms with Crippen molar-refractivity contribution >= 4 is 12.0 Å². The number of rotatable bonds is 2. The number of carbonyl (C=O) groups excluding carboxylic acids is 1. The van der Waals surface area contributed by atoms with Gasteiger partial charge in [-0.05, 0) is 44.9 Å². The second-order valence-corrected chi connectivity index (χ2v) is 6.58. The smallest absolute Gasteiger partial charge is 0.223 e. The number of likely N-dealkylation sites (tertiary alicyclic amines) is 1. The molecule has 22 heavy (non-hydrogen) atoms. The van der Waals surface area contributed by atoms with Gasteiger partial charge < -0.3 is 14.7 Å². The summed E-state index contributed by atoms with van der Waals surface area (Å²) in [6, 6.07) is 5.62. The van der Waals surface area contributed by atoms with E-state index in [0.29, 0.717) is 13.0 Å². The quantitative estimate of drug-likeness (QED) is 0.913. The molecule has 1 amide bonds. The van der Waals surface area contributed by atoms with Crippen molar-refractivity contribution in [3.63, 3.8) is 0 Å². The highest BCUT2D eigenvalue weighted by molar-refractivity contribution is 5.79. The minimum atomic E-state index is -0.747. The van der Waals surface area contributed by atoms with Crippen LogP contribution in [0.2, 0.25) is 0 Å². The van der Waals surface area contributed by atoms with Crippen molar-refractivity contribution < 1.29 is 14.6 Å². The van der Waals surface area contributed by atoms with Gasteiger partial charge in [-0.15, -0.1) is 0 Å². The summed E-state index contributed by atoms with van der Waals surface area (Å²) in [5.41, 5.74) is 1.23. The van der Waals surface area contributed by atoms with E-state index in [4.69, 9.17) is 4.74 Å². The lowest BCUT2D eigenvalue weighted by Crippen LogP contribution is -2.53. The molecule has 2 aliphatic rings. The number of aliphatic hydroxyl groups excluding tert-OH is 1. The van der Waals surface area contributed by atoms with Crippen molar-refractivity contribution in [1.29, 1.82) is 0 Å². The molecule has 1 saturated heterocycles. The van der Waals surface area contributed by atoms with Crippen LogP contribution in [0.15, 0.2) is 24.3 Å². The molecule has 0 saturated carbocycles. The van der Waals surface area contributed by atoms with Gasteiger partial charge in [-0.3, -0.25) is 4.79 Å². The lowest BCUT2D eigenvalue weighted by Gasteiger charge is -2.45. The second-order valence-electron chi connectivity index (χ2n) is 6.58. The molecule has 0 aromatic heterocycles. The van der Waals surface area contributed by atoms with Crippen molar-refractivity contribution in [2.75, 3.05) is 6.54 Å². The van der Waals surface area contributed by atoms with E-state index >= 15 is 0 Å². The van der Waals surface area contributed by atoms with Gasteiger partial charge in [-0.1, -0.05) is 18.2 Å². The monoisotopic (exact) mass is 301 g/mol. The third-order valence-corrected chi connectivity index (χ3v) is 4.54. The van der Waals surface area contributed by atoms with Crippen molar-refractivity contribution in [1.82, 2.24) is 4.90 Å². The van der Waals surface area contributed by atoms with Gasteiger partial charge in [0, 0.05) is 18.5 Å². The van der Waals surface area contributed by atoms with Crippen LogP contribution in [-0.4, -0.2) is 34.2 Å². The Morgan fingerprint density at radius 2 is 2.18 bits per heavy atom. The molecular formula is C18H23NO3. The largest absolute Gasteiger partial charge is 0.485 e. The molecule has 0 radical (unpaired) electrons. The molecule has 2 heterocycles. The summed E-state index contributed by atoms with van der Waals surface area (Å²) in [4.78, 5) is 14.0. The molecule has 1 fully saturated rings. The van der Waals surface area contributed by atoms with E-state index in [1.165, 1.54) is 0 Å². The Bertz CT molecular complexity index is 621. The molecule has 2 atom stereocenters. The van der Waals surface area contributed by atoms with E-state index in [1.54, 1.807) is 0 Å². The first-order chi connectivity index (χ1) is 10.4. The number of amides is 1. The van der Waals surface area contributed by atoms with E-state index in [0.717, 1.165) is 23.3 Å². The number of nitrogens with zero attached hydrogens (tertiary/aromatic N) is 1. The van der Waals surface area contributed by atoms with Crippen LogP contribution < -0.4 is 4.74 Å². The first kappa shape index (κ1) is 15.1. The number of carbonyl (C=O) groups is 1. The Morgan fingerprint density at radius 3 is 2.82 bits per heavy atom. The molecule has 0 aliphatic carbocycles. The number of allylic oxidation sites excluding steroid dienone is 1. The van der Waals surface area contributed by atoms with Crippen LogP contribution in [0, 0.1) is 0 Å². The molecule has 4 heteroatoms. The molecular weight excluding hydrogens is 278 g/mol. The summed E-state index contributed by atoms with van der Waals surface area (Å²) in [5, 5.41) is 10.8. The molecule has 0 bridgehead atoms. The summed E-state index contributed by atoms with van der Waals surface area (Å²) in [6.45, 7) is 6.40. The highest BCUT2D eigenvalue weighted by Gasteiger charge is 2.47. The van der Waals surface area contributed by atoms with Crippen molar-refractivity contribution in [2.24, 2.45) is 0 Å². The Labute approximate surface area is 131 Å². The van der Waals surface area contributed by atoms with E-state index in [2.05, 4.69) is 0 Å². The van der Waals surface area contributed by atoms with Crippen LogP contribution in [-0.2, 0) is 4.79 Å². The molecule has 1 aromatic rings. The first-order valence-electron chi connectivity index (χ1n) is 7.87. The van der Waals surface area contributed by atoms with Crippen LogP contribution in [0.25, 0.3) is 6.08 Å². The summed E-state index contributed by atoms with van der Waals surface area (Å²) in [5.74, 6) is 0.873. The minimum Gasteiger partial charge on any atom is -0.485 e. The third kappa shape index (κ3) is 2.41. The lowest BCUT2D eigenvalue weighted by atomic mass is 9.85. The SMILES string of the molecule is CC=Cc1ccc2c(c1)[C@H](N1CCCC1=O)[C@@H](O)C(C)(C)O2. The molecule has 1 N–H and O–H groups in total. The van der Waals surface area contributed by atoms with Gasteiger partial charge in [0.15, 0.2) is 0 Å². The molecule has 1 aromatic carbocycles. The molecule has 2 aliphatic heterocycles. The highest BCUT2D eigenvalue weighted by atomic mass is 16.5. The summed E-state index contributed by atoms with van der Waals surface area (Å²) in [7, 11) is 0. The summed E-state index contributed by atoms with van der Waals surface area (Å²) < 4.78 is 5.98. The minimum absolute atomic E-state index is 0.115. The first-order valence-corrected chi connectivity index (χ1v) is 7.87. The van der Waals surface area contributed by atoms with E-state index < -0.39 is 11.7 Å². The molecule has 0 unspecified atom stereocenters. The van der Waals surface area contributed by atoms with Gasteiger partial charge in [0.25, 0.3) is 0 Å². The van der Waals surface area contributed by atoms with E-state index in [1.807, 2.05) is 56.0 Å². The predicted molar refractivity (Wildman–Crippen MR) is 85.6 cm³/mol. The number of hydrogen-bond acceptors (Lipinski definition) is 3. The summed E-state index contributed by atoms with van der Waals surface area (Å²) >= 11 is 0. The van der Waals surface area contributed by atoms with E-state index in [-0.39, 0.29) is 11.9 Å². The highest BCUT2D eigenvalue weighted by Crippen LogP contribution is 2.44. The third-order valence-electron chi connectivity index (χ3n) is 4.54. The van der Waals surface area contributed by atoms with Gasteiger partial charge in [-0.2, -0.15) is 0 Å². The predicted octanol–water partition coefficient (Wildman–Crippen LogP) is 2.92. The number of fused-ring (bicyclic) bond motifs is 1. The topological polar surface area (TPSA) is 49.8 Å². The number of ether oxygens (including phenoxy) is 1. The van der Waals surface area contributed by atoms with Crippen molar-refractivity contribution in [3.05, 3.63) is 35.4 Å². The van der Waals surface area contributed by atoms with Gasteiger partial charge in [0.2, 0.25) is 5.91 Å². The Hall–Kier alpha value is -1.81.